The van der Waals surface area contributed by atoms with Gasteiger partial charge in [-0.15, -0.1) is 0 Å². The standard InChI is InChI=1S/C11H19NO7/c13-4-7(15)9(16)10(17)8(5-14)19-11(18)6-2-1-3-12-6/h5-10,12-13,15-17H,1-4H2/t6-,7+,8-,9+,10+/m0/s1/i/hD. The number of aliphatic hydroxyl groups is 4. The zero-order valence-electron chi connectivity index (χ0n) is 11.3. The van der Waals surface area contributed by atoms with Crippen LogP contribution in [-0.4, -0.2) is 76.3 Å². The van der Waals surface area contributed by atoms with Gasteiger partial charge < -0.3 is 30.5 Å². The van der Waals surface area contributed by atoms with Gasteiger partial charge in [-0.25, -0.2) is 0 Å². The van der Waals surface area contributed by atoms with Crippen LogP contribution in [0.3, 0.4) is 0 Å². The van der Waals surface area contributed by atoms with Gasteiger partial charge in [0.25, 0.3) is 0 Å². The van der Waals surface area contributed by atoms with Crippen LogP contribution in [0.25, 0.3) is 0 Å². The summed E-state index contributed by atoms with van der Waals surface area (Å²) in [4.78, 5) is 22.6. The van der Waals surface area contributed by atoms with Gasteiger partial charge >= 0.3 is 5.97 Å². The predicted octanol–water partition coefficient (Wildman–Crippen LogP) is -3.08. The smallest absolute Gasteiger partial charge is 0.323 e. The van der Waals surface area contributed by atoms with E-state index in [2.05, 4.69) is 0 Å². The number of aliphatic hydroxyl groups excluding tert-OH is 4. The molecule has 0 aromatic carbocycles. The van der Waals surface area contributed by atoms with Crippen molar-refractivity contribution in [2.75, 3.05) is 13.2 Å². The highest BCUT2D eigenvalue weighted by Crippen LogP contribution is 2.11. The van der Waals surface area contributed by atoms with Gasteiger partial charge in [0, 0.05) is 0 Å². The Labute approximate surface area is 111 Å². The Morgan fingerprint density at radius 3 is 2.63 bits per heavy atom. The number of carbonyl (C=O) groups excluding carboxylic acids is 2. The number of esters is 1. The van der Waals surface area contributed by atoms with Gasteiger partial charge in [-0.3, -0.25) is 9.59 Å². The van der Waals surface area contributed by atoms with Crippen molar-refractivity contribution in [3.63, 3.8) is 0 Å². The molecule has 0 bridgehead atoms. The second kappa shape index (κ2) is 7.51. The fourth-order valence-electron chi connectivity index (χ4n) is 1.74. The minimum atomic E-state index is -1.86. The summed E-state index contributed by atoms with van der Waals surface area (Å²) in [5.41, 5.74) is 0. The largest absolute Gasteiger partial charge is 0.451 e. The van der Waals surface area contributed by atoms with Crippen LogP contribution in [0.4, 0.5) is 0 Å². The van der Waals surface area contributed by atoms with Gasteiger partial charge in [0.15, 0.2) is 12.4 Å². The van der Waals surface area contributed by atoms with Crippen LogP contribution in [0, 0.1) is 0 Å². The maximum Gasteiger partial charge on any atom is 0.323 e. The molecule has 0 amide bonds. The molecule has 0 aromatic heterocycles. The number of nitrogens with one attached hydrogen (secondary N) is 1. The van der Waals surface area contributed by atoms with Crippen LogP contribution in [-0.2, 0) is 14.3 Å². The normalized spacial score (nSPS) is 27.2. The molecule has 1 fully saturated rings. The zero-order chi connectivity index (χ0) is 15.3. The molecular formula is C11H19NO7. The second-order valence-corrected chi connectivity index (χ2v) is 4.33. The molecule has 0 aliphatic carbocycles. The highest BCUT2D eigenvalue weighted by Gasteiger charge is 2.35. The average Bonchev–Trinajstić information content (AvgIpc) is 2.88. The Kier molecular flexibility index (Phi) is 5.67. The van der Waals surface area contributed by atoms with E-state index in [1.54, 1.807) is 0 Å². The maximum atomic E-state index is 11.7. The van der Waals surface area contributed by atoms with E-state index >= 15 is 0 Å². The molecule has 1 saturated heterocycles. The van der Waals surface area contributed by atoms with Crippen LogP contribution >= 0.6 is 0 Å². The number of carbonyl (C=O) groups is 2. The molecular weight excluding hydrogens is 258 g/mol. The molecule has 110 valence electrons. The molecule has 1 aliphatic rings. The lowest BCUT2D eigenvalue weighted by Gasteiger charge is -2.26. The van der Waals surface area contributed by atoms with Crippen molar-refractivity contribution in [2.45, 2.75) is 43.3 Å². The van der Waals surface area contributed by atoms with Gasteiger partial charge in [-0.05, 0) is 19.4 Å². The van der Waals surface area contributed by atoms with E-state index in [0.29, 0.717) is 19.4 Å². The van der Waals surface area contributed by atoms with Crippen molar-refractivity contribution in [1.82, 2.24) is 5.31 Å². The minimum Gasteiger partial charge on any atom is -0.451 e. The highest BCUT2D eigenvalue weighted by molar-refractivity contribution is 5.78. The van der Waals surface area contributed by atoms with Crippen molar-refractivity contribution >= 4 is 12.3 Å². The zero-order valence-corrected chi connectivity index (χ0v) is 10.3. The predicted molar refractivity (Wildman–Crippen MR) is 62.1 cm³/mol. The lowest BCUT2D eigenvalue weighted by atomic mass is 10.0. The summed E-state index contributed by atoms with van der Waals surface area (Å²) < 4.78 is 12.2. The Balaban J connectivity index is 2.62. The lowest BCUT2D eigenvalue weighted by Crippen LogP contribution is -2.49. The van der Waals surface area contributed by atoms with Gasteiger partial charge in [-0.1, -0.05) is 0 Å². The Bertz CT molecular complexity index is 343. The van der Waals surface area contributed by atoms with Gasteiger partial charge in [0.2, 0.25) is 0 Å². The van der Waals surface area contributed by atoms with Crippen LogP contribution < -0.4 is 5.31 Å². The number of rotatable bonds is 7. The van der Waals surface area contributed by atoms with Crippen LogP contribution in [0.15, 0.2) is 0 Å². The summed E-state index contributed by atoms with van der Waals surface area (Å²) >= 11 is 0. The molecule has 1 rings (SSSR count). The topological polar surface area (TPSA) is 136 Å². The first-order valence-corrected chi connectivity index (χ1v) is 5.98. The monoisotopic (exact) mass is 278 g/mol. The molecule has 8 nitrogen and oxygen atoms in total. The van der Waals surface area contributed by atoms with Crippen LogP contribution in [0.5, 0.6) is 0 Å². The van der Waals surface area contributed by atoms with Crippen molar-refractivity contribution < 1.29 is 36.2 Å². The Morgan fingerprint density at radius 1 is 1.47 bits per heavy atom. The van der Waals surface area contributed by atoms with Crippen LogP contribution in [0.1, 0.15) is 12.8 Å². The number of hydrogen-bond acceptors (Lipinski definition) is 8. The van der Waals surface area contributed by atoms with E-state index in [1.165, 1.54) is 0 Å². The van der Waals surface area contributed by atoms with Crippen molar-refractivity contribution in [1.29, 1.82) is 0 Å². The van der Waals surface area contributed by atoms with Crippen LogP contribution in [0.2, 0.25) is 1.41 Å². The maximum absolute atomic E-state index is 11.7. The molecule has 0 spiro atoms. The highest BCUT2D eigenvalue weighted by atomic mass is 16.6. The Hall–Kier alpha value is -1.06. The summed E-state index contributed by atoms with van der Waals surface area (Å²) in [6, 6.07) is -0.815. The van der Waals surface area contributed by atoms with E-state index in [4.69, 9.17) is 11.3 Å². The molecule has 19 heavy (non-hydrogen) atoms. The van der Waals surface area contributed by atoms with Crippen molar-refractivity contribution in [2.24, 2.45) is 0 Å². The summed E-state index contributed by atoms with van der Waals surface area (Å²) in [7, 11) is 0. The molecule has 5 N–H and O–H groups in total. The Morgan fingerprint density at radius 2 is 2.16 bits per heavy atom. The van der Waals surface area contributed by atoms with E-state index in [-0.39, 0.29) is 6.29 Å². The van der Waals surface area contributed by atoms with E-state index in [9.17, 15) is 24.9 Å². The van der Waals surface area contributed by atoms with Crippen molar-refractivity contribution in [3.05, 3.63) is 0 Å². The molecule has 1 aliphatic heterocycles. The fraction of sp³-hybridized carbons (Fsp3) is 0.818. The first kappa shape index (κ1) is 14.4. The third-order valence-electron chi connectivity index (χ3n) is 2.91. The molecule has 0 unspecified atom stereocenters. The average molecular weight is 278 g/mol. The summed E-state index contributed by atoms with van der Waals surface area (Å²) in [6.07, 6.45) is -5.86. The molecule has 0 aromatic rings. The summed E-state index contributed by atoms with van der Waals surface area (Å²) in [5.74, 6) is -0.848. The molecule has 8 heteroatoms. The summed E-state index contributed by atoms with van der Waals surface area (Å²) in [6.45, 7) is -0.416. The van der Waals surface area contributed by atoms with E-state index in [1.807, 2.05) is 0 Å². The van der Waals surface area contributed by atoms with Gasteiger partial charge in [0.05, 0.1) is 6.61 Å². The lowest BCUT2D eigenvalue weighted by molar-refractivity contribution is -0.169. The van der Waals surface area contributed by atoms with Gasteiger partial charge in [0.1, 0.15) is 25.8 Å². The molecule has 0 saturated carbocycles. The quantitative estimate of drug-likeness (QED) is 0.244. The molecule has 1 heterocycles. The number of hydrogen-bond donors (Lipinski definition) is 5. The first-order valence-electron chi connectivity index (χ1n) is 6.43. The number of aldehydes is 1. The van der Waals surface area contributed by atoms with Gasteiger partial charge in [-0.2, -0.15) is 0 Å². The third-order valence-corrected chi connectivity index (χ3v) is 2.91. The second-order valence-electron chi connectivity index (χ2n) is 4.33. The first-order chi connectivity index (χ1) is 9.42. The third kappa shape index (κ3) is 4.22. The molecule has 5 atom stereocenters. The minimum absolute atomic E-state index is 0.124. The SMILES string of the molecule is [2H]N1CCC[C@H]1C(=O)O[C@@H](C=O)[C@@H](O)[C@H](O)[C@H](O)CO. The molecule has 0 radical (unpaired) electrons. The van der Waals surface area contributed by atoms with E-state index < -0.39 is 43.0 Å². The van der Waals surface area contributed by atoms with E-state index in [0.717, 1.165) is 5.31 Å². The fourth-order valence-corrected chi connectivity index (χ4v) is 1.74. The number of ether oxygens (including phenoxy) is 1. The summed E-state index contributed by atoms with van der Waals surface area (Å²) in [5, 5.41) is 38.0. The van der Waals surface area contributed by atoms with Crippen molar-refractivity contribution in [3.8, 4) is 0 Å².